The summed E-state index contributed by atoms with van der Waals surface area (Å²) >= 11 is 0. The van der Waals surface area contributed by atoms with Gasteiger partial charge in [0.2, 0.25) is 6.79 Å². The van der Waals surface area contributed by atoms with Crippen molar-refractivity contribution in [3.05, 3.63) is 11.6 Å². The van der Waals surface area contributed by atoms with Crippen LogP contribution < -0.4 is 0 Å². The number of hydrogen-bond donors (Lipinski definition) is 0. The Kier molecular flexibility index (Phi) is 9.91. The number of nitrogens with zero attached hydrogens (tertiary/aromatic N) is 4. The minimum atomic E-state index is 0.130. The van der Waals surface area contributed by atoms with E-state index >= 15 is 0 Å². The van der Waals surface area contributed by atoms with Crippen LogP contribution in [-0.4, -0.2) is 75.6 Å². The molecule has 1 atom stereocenters. The highest BCUT2D eigenvalue weighted by Gasteiger charge is 2.20. The van der Waals surface area contributed by atoms with E-state index in [4.69, 9.17) is 25.6 Å². The molecule has 1 fully saturated rings. The molecule has 0 bridgehead atoms. The number of terminal acetylenes is 1. The minimum Gasteiger partial charge on any atom is -0.418 e. The molecule has 0 spiro atoms. The molecular weight excluding hydrogens is 356 g/mol. The molecule has 2 aliphatic heterocycles. The molecule has 2 aliphatic rings. The Morgan fingerprint density at radius 1 is 1.39 bits per heavy atom. The van der Waals surface area contributed by atoms with Crippen LogP contribution in [0, 0.1) is 18.4 Å². The first kappa shape index (κ1) is 22.3. The zero-order valence-electron chi connectivity index (χ0n) is 17.3. The van der Waals surface area contributed by atoms with Crippen LogP contribution in [0.15, 0.2) is 26.6 Å². The van der Waals surface area contributed by atoms with Crippen molar-refractivity contribution in [3.8, 4) is 12.5 Å². The van der Waals surface area contributed by atoms with Gasteiger partial charge in [-0.2, -0.15) is 0 Å². The van der Waals surface area contributed by atoms with Crippen molar-refractivity contribution in [1.82, 2.24) is 4.90 Å². The highest BCUT2D eigenvalue weighted by molar-refractivity contribution is 6.07. The summed E-state index contributed by atoms with van der Waals surface area (Å²) in [7, 11) is 1.79. The Morgan fingerprint density at radius 3 is 2.89 bits per heavy atom. The van der Waals surface area contributed by atoms with Crippen molar-refractivity contribution in [1.29, 1.82) is 0 Å². The molecule has 0 aromatic heterocycles. The van der Waals surface area contributed by atoms with E-state index in [1.165, 1.54) is 5.57 Å². The van der Waals surface area contributed by atoms with E-state index in [0.29, 0.717) is 19.3 Å². The number of amidine groups is 1. The van der Waals surface area contributed by atoms with Gasteiger partial charge in [0.1, 0.15) is 18.7 Å². The largest absolute Gasteiger partial charge is 0.418 e. The molecule has 7 heteroatoms. The van der Waals surface area contributed by atoms with Gasteiger partial charge in [0.25, 0.3) is 0 Å². The van der Waals surface area contributed by atoms with Crippen LogP contribution in [0.4, 0.5) is 0 Å². The van der Waals surface area contributed by atoms with Gasteiger partial charge < -0.3 is 14.2 Å². The van der Waals surface area contributed by atoms with Crippen molar-refractivity contribution in [2.45, 2.75) is 39.2 Å². The van der Waals surface area contributed by atoms with E-state index in [-0.39, 0.29) is 12.9 Å². The third-order valence-corrected chi connectivity index (χ3v) is 4.81. The topological polar surface area (TPSA) is 68.0 Å². The zero-order chi connectivity index (χ0) is 20.2. The number of allylic oxidation sites excluding steroid dienone is 1. The first-order valence-electron chi connectivity index (χ1n) is 9.82. The molecule has 2 rings (SSSR count). The lowest BCUT2D eigenvalue weighted by Crippen LogP contribution is -2.38. The molecule has 0 aromatic rings. The number of likely N-dealkylation sites (tertiary alicyclic amines) is 1. The third kappa shape index (κ3) is 7.55. The predicted molar refractivity (Wildman–Crippen MR) is 113 cm³/mol. The normalized spacial score (nSPS) is 22.5. The fourth-order valence-corrected chi connectivity index (χ4v) is 3.24. The van der Waals surface area contributed by atoms with Crippen LogP contribution >= 0.6 is 0 Å². The number of hydrogen-bond acceptors (Lipinski definition) is 6. The molecule has 0 aliphatic carbocycles. The molecule has 154 valence electrons. The second-order valence-electron chi connectivity index (χ2n) is 7.08. The van der Waals surface area contributed by atoms with E-state index < -0.39 is 0 Å². The van der Waals surface area contributed by atoms with E-state index in [2.05, 4.69) is 34.0 Å². The van der Waals surface area contributed by atoms with Crippen LogP contribution in [0.3, 0.4) is 0 Å². The van der Waals surface area contributed by atoms with E-state index in [0.717, 1.165) is 50.4 Å². The van der Waals surface area contributed by atoms with Gasteiger partial charge in [0, 0.05) is 50.9 Å². The molecule has 28 heavy (non-hydrogen) atoms. The molecule has 0 radical (unpaired) electrons. The second kappa shape index (κ2) is 12.4. The van der Waals surface area contributed by atoms with E-state index in [9.17, 15) is 0 Å². The summed E-state index contributed by atoms with van der Waals surface area (Å²) in [5.41, 5.74) is 2.11. The first-order valence-corrected chi connectivity index (χ1v) is 9.82. The van der Waals surface area contributed by atoms with Gasteiger partial charge in [-0.15, -0.1) is 0 Å². The highest BCUT2D eigenvalue weighted by Crippen LogP contribution is 2.18. The highest BCUT2D eigenvalue weighted by atomic mass is 16.7. The molecule has 0 N–H and O–H groups in total. The Morgan fingerprint density at radius 2 is 2.18 bits per heavy atom. The molecule has 0 amide bonds. The van der Waals surface area contributed by atoms with E-state index in [1.807, 2.05) is 13.1 Å². The fourth-order valence-electron chi connectivity index (χ4n) is 3.24. The summed E-state index contributed by atoms with van der Waals surface area (Å²) in [5.74, 6) is 1.12. The first-order chi connectivity index (χ1) is 13.6. The van der Waals surface area contributed by atoms with Crippen LogP contribution in [0.5, 0.6) is 0 Å². The SMILES string of the molecule is C#COCOCN1CCC(OCC(C)=NC(=NC)C2=CCC=NCC2C)CC1. The monoisotopic (exact) mass is 388 g/mol. The third-order valence-electron chi connectivity index (χ3n) is 4.81. The number of rotatable bonds is 8. The fraction of sp³-hybridized carbons (Fsp3) is 0.667. The maximum atomic E-state index is 6.07. The Hall–Kier alpha value is -2.01. The standard InChI is InChI=1S/C21H32N4O3/c1-5-26-16-27-15-25-11-8-19(9-12-25)28-14-18(3)24-21(22-4)20-7-6-10-23-13-17(20)2/h1,7,10,17,19H,6,8-9,11-16H2,2-4H3. The molecular formula is C21H32N4O3. The van der Waals surface area contributed by atoms with Crippen LogP contribution in [-0.2, 0) is 14.2 Å². The lowest BCUT2D eigenvalue weighted by atomic mass is 9.99. The van der Waals surface area contributed by atoms with Gasteiger partial charge in [0.15, 0.2) is 0 Å². The van der Waals surface area contributed by atoms with Gasteiger partial charge in [-0.25, -0.2) is 4.99 Å². The summed E-state index contributed by atoms with van der Waals surface area (Å²) in [6.45, 7) is 8.00. The summed E-state index contributed by atoms with van der Waals surface area (Å²) in [5, 5.41) is 0. The molecule has 1 saturated heterocycles. The summed E-state index contributed by atoms with van der Waals surface area (Å²) in [6, 6.07) is 0. The lowest BCUT2D eigenvalue weighted by Gasteiger charge is -2.31. The predicted octanol–water partition coefficient (Wildman–Crippen LogP) is 2.53. The quantitative estimate of drug-likeness (QED) is 0.211. The summed E-state index contributed by atoms with van der Waals surface area (Å²) < 4.78 is 16.2. The van der Waals surface area contributed by atoms with Gasteiger partial charge in [-0.3, -0.25) is 14.9 Å². The Labute approximate surface area is 168 Å². The average Bonchev–Trinajstić information content (AvgIpc) is 2.93. The number of ether oxygens (including phenoxy) is 3. The van der Waals surface area contributed by atoms with Gasteiger partial charge >= 0.3 is 0 Å². The lowest BCUT2D eigenvalue weighted by molar-refractivity contribution is -0.0713. The van der Waals surface area contributed by atoms with Gasteiger partial charge in [0.05, 0.1) is 12.7 Å². The van der Waals surface area contributed by atoms with E-state index in [1.54, 1.807) is 7.05 Å². The second-order valence-corrected chi connectivity index (χ2v) is 7.08. The molecule has 1 unspecified atom stereocenters. The number of aliphatic imine (C=N–C) groups is 3. The van der Waals surface area contributed by atoms with Gasteiger partial charge in [-0.05, 0) is 25.3 Å². The molecule has 0 aromatic carbocycles. The maximum Gasteiger partial charge on any atom is 0.201 e. The summed E-state index contributed by atoms with van der Waals surface area (Å²) in [4.78, 5) is 15.7. The van der Waals surface area contributed by atoms with Gasteiger partial charge in [-0.1, -0.05) is 19.4 Å². The van der Waals surface area contributed by atoms with Crippen LogP contribution in [0.25, 0.3) is 0 Å². The van der Waals surface area contributed by atoms with Crippen molar-refractivity contribution in [3.63, 3.8) is 0 Å². The molecule has 7 nitrogen and oxygen atoms in total. The van der Waals surface area contributed by atoms with Crippen molar-refractivity contribution in [2.24, 2.45) is 20.9 Å². The van der Waals surface area contributed by atoms with Crippen molar-refractivity contribution < 1.29 is 14.2 Å². The van der Waals surface area contributed by atoms with Crippen molar-refractivity contribution >= 4 is 17.8 Å². The number of piperidine rings is 1. The summed E-state index contributed by atoms with van der Waals surface area (Å²) in [6.07, 6.45) is 14.3. The molecule has 2 heterocycles. The van der Waals surface area contributed by atoms with Crippen LogP contribution in [0.2, 0.25) is 0 Å². The van der Waals surface area contributed by atoms with Crippen molar-refractivity contribution in [2.75, 3.05) is 46.8 Å². The Bertz CT molecular complexity index is 641. The molecule has 0 saturated carbocycles. The zero-order valence-corrected chi connectivity index (χ0v) is 17.3. The smallest absolute Gasteiger partial charge is 0.201 e. The minimum absolute atomic E-state index is 0.130. The van der Waals surface area contributed by atoms with Crippen LogP contribution in [0.1, 0.15) is 33.1 Å². The maximum absolute atomic E-state index is 6.07. The Balaban J connectivity index is 1.75. The average molecular weight is 389 g/mol.